The fourth-order valence-electron chi connectivity index (χ4n) is 0.981. The van der Waals surface area contributed by atoms with Gasteiger partial charge in [-0.15, -0.1) is 0 Å². The van der Waals surface area contributed by atoms with E-state index >= 15 is 0 Å². The first-order valence-electron chi connectivity index (χ1n) is 3.77. The Labute approximate surface area is 86.9 Å². The van der Waals surface area contributed by atoms with E-state index in [2.05, 4.69) is 0 Å². The lowest BCUT2D eigenvalue weighted by atomic mass is 10.1. The first kappa shape index (κ1) is 11.5. The topological polar surface area (TPSA) is 74.6 Å². The lowest BCUT2D eigenvalue weighted by Crippen LogP contribution is -2.13. The molecule has 0 heterocycles. The van der Waals surface area contributed by atoms with Gasteiger partial charge in [0, 0.05) is 5.02 Å². The molecule has 0 aliphatic rings. The van der Waals surface area contributed by atoms with Crippen molar-refractivity contribution in [1.82, 2.24) is 0 Å². The standard InChI is InChI=1S/C8H9ClO4S/c9-7-3-1-6(2-4-7)8(10)5-14(11,12)13/h1-4,8,10H,5H2,(H,11,12,13). The molecule has 0 saturated carbocycles. The molecule has 0 fully saturated rings. The lowest BCUT2D eigenvalue weighted by molar-refractivity contribution is 0.199. The molecule has 14 heavy (non-hydrogen) atoms. The number of aliphatic hydroxyl groups is 1. The average Bonchev–Trinajstić information content (AvgIpc) is 2.02. The summed E-state index contributed by atoms with van der Waals surface area (Å²) in [5, 5.41) is 9.86. The zero-order valence-corrected chi connectivity index (χ0v) is 8.66. The summed E-state index contributed by atoms with van der Waals surface area (Å²) in [5.74, 6) is -0.714. The summed E-state index contributed by atoms with van der Waals surface area (Å²) < 4.78 is 29.4. The molecule has 0 aromatic heterocycles. The van der Waals surface area contributed by atoms with Gasteiger partial charge in [-0.3, -0.25) is 4.55 Å². The van der Waals surface area contributed by atoms with Crippen molar-refractivity contribution >= 4 is 21.7 Å². The molecule has 1 aromatic rings. The highest BCUT2D eigenvalue weighted by Crippen LogP contribution is 2.17. The van der Waals surface area contributed by atoms with Crippen LogP contribution in [0.25, 0.3) is 0 Å². The van der Waals surface area contributed by atoms with Crippen LogP contribution in [0.3, 0.4) is 0 Å². The lowest BCUT2D eigenvalue weighted by Gasteiger charge is -2.08. The predicted octanol–water partition coefficient (Wildman–Crippen LogP) is 1.26. The molecule has 4 nitrogen and oxygen atoms in total. The minimum Gasteiger partial charge on any atom is -0.387 e. The van der Waals surface area contributed by atoms with Gasteiger partial charge in [0.05, 0.1) is 6.10 Å². The monoisotopic (exact) mass is 236 g/mol. The van der Waals surface area contributed by atoms with Gasteiger partial charge in [0.1, 0.15) is 5.75 Å². The Morgan fingerprint density at radius 2 is 1.79 bits per heavy atom. The van der Waals surface area contributed by atoms with Gasteiger partial charge in [-0.1, -0.05) is 23.7 Å². The Morgan fingerprint density at radius 3 is 2.21 bits per heavy atom. The van der Waals surface area contributed by atoms with E-state index in [1.165, 1.54) is 24.3 Å². The van der Waals surface area contributed by atoms with Gasteiger partial charge >= 0.3 is 0 Å². The second-order valence-electron chi connectivity index (χ2n) is 2.82. The normalized spacial score (nSPS) is 13.9. The van der Waals surface area contributed by atoms with E-state index in [-0.39, 0.29) is 0 Å². The number of hydrogen-bond acceptors (Lipinski definition) is 3. The van der Waals surface area contributed by atoms with E-state index in [1.807, 2.05) is 0 Å². The second kappa shape index (κ2) is 4.27. The van der Waals surface area contributed by atoms with E-state index < -0.39 is 22.0 Å². The Morgan fingerprint density at radius 1 is 1.29 bits per heavy atom. The van der Waals surface area contributed by atoms with Gasteiger partial charge in [0.15, 0.2) is 0 Å². The van der Waals surface area contributed by atoms with Crippen molar-refractivity contribution in [2.45, 2.75) is 6.10 Å². The van der Waals surface area contributed by atoms with Crippen molar-refractivity contribution in [2.24, 2.45) is 0 Å². The maximum absolute atomic E-state index is 10.5. The minimum absolute atomic E-state index is 0.395. The van der Waals surface area contributed by atoms with Crippen LogP contribution in [0.4, 0.5) is 0 Å². The Kier molecular flexibility index (Phi) is 3.49. The Hall–Kier alpha value is -0.620. The summed E-state index contributed by atoms with van der Waals surface area (Å²) in [7, 11) is -4.16. The number of hydrogen-bond donors (Lipinski definition) is 2. The van der Waals surface area contributed by atoms with Gasteiger partial charge in [-0.25, -0.2) is 0 Å². The molecule has 0 amide bonds. The van der Waals surface area contributed by atoms with Crippen LogP contribution in [0, 0.1) is 0 Å². The molecule has 0 radical (unpaired) electrons. The molecule has 6 heteroatoms. The first-order valence-corrected chi connectivity index (χ1v) is 5.76. The number of benzene rings is 1. The van der Waals surface area contributed by atoms with Gasteiger partial charge in [0.2, 0.25) is 0 Å². The van der Waals surface area contributed by atoms with Crippen LogP contribution in [-0.2, 0) is 10.1 Å². The van der Waals surface area contributed by atoms with Crippen LogP contribution in [0.2, 0.25) is 5.02 Å². The van der Waals surface area contributed by atoms with Crippen LogP contribution in [-0.4, -0.2) is 23.8 Å². The van der Waals surface area contributed by atoms with Crippen molar-refractivity contribution in [2.75, 3.05) is 5.75 Å². The summed E-state index contributed by atoms with van der Waals surface area (Å²) in [5.41, 5.74) is 0.395. The van der Waals surface area contributed by atoms with Crippen molar-refractivity contribution in [3.05, 3.63) is 34.9 Å². The molecular weight excluding hydrogens is 228 g/mol. The fourth-order valence-corrected chi connectivity index (χ4v) is 1.70. The van der Waals surface area contributed by atoms with Crippen LogP contribution < -0.4 is 0 Å². The molecule has 78 valence electrons. The highest BCUT2D eigenvalue weighted by atomic mass is 35.5. The van der Waals surface area contributed by atoms with Crippen LogP contribution in [0.15, 0.2) is 24.3 Å². The van der Waals surface area contributed by atoms with Crippen molar-refractivity contribution in [1.29, 1.82) is 0 Å². The van der Waals surface area contributed by atoms with E-state index in [0.29, 0.717) is 10.6 Å². The molecule has 1 atom stereocenters. The van der Waals surface area contributed by atoms with Gasteiger partial charge in [0.25, 0.3) is 10.1 Å². The van der Waals surface area contributed by atoms with Crippen LogP contribution in [0.1, 0.15) is 11.7 Å². The van der Waals surface area contributed by atoms with E-state index in [1.54, 1.807) is 0 Å². The third-order valence-electron chi connectivity index (χ3n) is 1.62. The minimum atomic E-state index is -4.16. The van der Waals surface area contributed by atoms with E-state index in [4.69, 9.17) is 16.2 Å². The molecule has 1 aromatic carbocycles. The van der Waals surface area contributed by atoms with E-state index in [0.717, 1.165) is 0 Å². The maximum atomic E-state index is 10.5. The quantitative estimate of drug-likeness (QED) is 0.775. The Bertz CT molecular complexity index is 398. The van der Waals surface area contributed by atoms with Crippen LogP contribution in [0.5, 0.6) is 0 Å². The van der Waals surface area contributed by atoms with Gasteiger partial charge in [-0.05, 0) is 17.7 Å². The number of aliphatic hydroxyl groups excluding tert-OH is 1. The molecule has 0 aliphatic carbocycles. The second-order valence-corrected chi connectivity index (χ2v) is 4.75. The molecule has 1 rings (SSSR count). The van der Waals surface area contributed by atoms with Crippen LogP contribution >= 0.6 is 11.6 Å². The Balaban J connectivity index is 2.80. The summed E-state index contributed by atoms with van der Waals surface area (Å²) in [4.78, 5) is 0. The molecule has 0 bridgehead atoms. The highest BCUT2D eigenvalue weighted by molar-refractivity contribution is 7.85. The first-order chi connectivity index (χ1) is 6.38. The zero-order chi connectivity index (χ0) is 10.8. The SMILES string of the molecule is O=S(=O)(O)CC(O)c1ccc(Cl)cc1. The van der Waals surface area contributed by atoms with Gasteiger partial charge in [-0.2, -0.15) is 8.42 Å². The average molecular weight is 237 g/mol. The third-order valence-corrected chi connectivity index (χ3v) is 2.61. The molecule has 1 unspecified atom stereocenters. The third kappa shape index (κ3) is 3.63. The van der Waals surface area contributed by atoms with Crippen molar-refractivity contribution in [3.8, 4) is 0 Å². The van der Waals surface area contributed by atoms with Gasteiger partial charge < -0.3 is 5.11 Å². The number of halogens is 1. The fraction of sp³-hybridized carbons (Fsp3) is 0.250. The molecule has 0 aliphatic heterocycles. The summed E-state index contributed by atoms with van der Waals surface area (Å²) in [6.07, 6.45) is -1.23. The summed E-state index contributed by atoms with van der Waals surface area (Å²) in [6, 6.07) is 6.06. The number of rotatable bonds is 3. The largest absolute Gasteiger partial charge is 0.387 e. The predicted molar refractivity (Wildman–Crippen MR) is 52.8 cm³/mol. The summed E-state index contributed by atoms with van der Waals surface area (Å²) in [6.45, 7) is 0. The maximum Gasteiger partial charge on any atom is 0.267 e. The zero-order valence-electron chi connectivity index (χ0n) is 7.09. The van der Waals surface area contributed by atoms with Crippen molar-refractivity contribution in [3.63, 3.8) is 0 Å². The molecule has 0 spiro atoms. The smallest absolute Gasteiger partial charge is 0.267 e. The summed E-state index contributed by atoms with van der Waals surface area (Å²) >= 11 is 5.60. The molecule has 2 N–H and O–H groups in total. The molecular formula is C8H9ClO4S. The van der Waals surface area contributed by atoms with Crippen molar-refractivity contribution < 1.29 is 18.1 Å². The highest BCUT2D eigenvalue weighted by Gasteiger charge is 2.15. The van der Waals surface area contributed by atoms with E-state index in [9.17, 15) is 13.5 Å². The molecule has 0 saturated heterocycles.